The molecule has 5 nitrogen and oxygen atoms in total. The topological polar surface area (TPSA) is 77.2 Å². The van der Waals surface area contributed by atoms with Gasteiger partial charge in [0.05, 0.1) is 11.9 Å². The van der Waals surface area contributed by atoms with Gasteiger partial charge < -0.3 is 15.8 Å². The molecule has 5 heteroatoms. The van der Waals surface area contributed by atoms with Gasteiger partial charge in [0.25, 0.3) is 5.91 Å². The van der Waals surface area contributed by atoms with Gasteiger partial charge >= 0.3 is 0 Å². The second-order valence-electron chi connectivity index (χ2n) is 6.50. The molecule has 0 fully saturated rings. The molecule has 1 heterocycles. The van der Waals surface area contributed by atoms with Crippen LogP contribution in [0.5, 0.6) is 5.75 Å². The summed E-state index contributed by atoms with van der Waals surface area (Å²) in [6.07, 6.45) is 0.892. The van der Waals surface area contributed by atoms with E-state index in [4.69, 9.17) is 10.5 Å². The van der Waals surface area contributed by atoms with E-state index in [1.54, 1.807) is 19.1 Å². The maximum Gasteiger partial charge on any atom is 0.265 e. The Labute approximate surface area is 136 Å². The predicted octanol–water partition coefficient (Wildman–Crippen LogP) is 3.37. The van der Waals surface area contributed by atoms with E-state index in [0.717, 1.165) is 5.56 Å². The third-order valence-corrected chi connectivity index (χ3v) is 3.44. The van der Waals surface area contributed by atoms with Crippen molar-refractivity contribution in [1.29, 1.82) is 0 Å². The summed E-state index contributed by atoms with van der Waals surface area (Å²) in [5.41, 5.74) is 7.29. The molecule has 1 atom stereocenters. The molecule has 1 unspecified atom stereocenters. The molecule has 0 bridgehead atoms. The second-order valence-corrected chi connectivity index (χ2v) is 6.50. The number of nitrogen functional groups attached to an aromatic ring is 1. The Morgan fingerprint density at radius 2 is 2.00 bits per heavy atom. The van der Waals surface area contributed by atoms with E-state index >= 15 is 0 Å². The van der Waals surface area contributed by atoms with Gasteiger partial charge in [-0.1, -0.05) is 32.9 Å². The van der Waals surface area contributed by atoms with Crippen LogP contribution >= 0.6 is 0 Å². The lowest BCUT2D eigenvalue weighted by atomic mass is 9.87. The van der Waals surface area contributed by atoms with Crippen molar-refractivity contribution in [2.75, 3.05) is 11.1 Å². The molecule has 0 saturated carbocycles. The zero-order valence-electron chi connectivity index (χ0n) is 14.0. The lowest BCUT2D eigenvalue weighted by Crippen LogP contribution is -2.30. The van der Waals surface area contributed by atoms with Crippen molar-refractivity contribution >= 4 is 17.4 Å². The van der Waals surface area contributed by atoms with Crippen LogP contribution in [0.15, 0.2) is 42.6 Å². The molecular weight excluding hydrogens is 290 g/mol. The van der Waals surface area contributed by atoms with Crippen LogP contribution in [0.4, 0.5) is 11.5 Å². The molecule has 0 spiro atoms. The molecule has 0 aliphatic rings. The summed E-state index contributed by atoms with van der Waals surface area (Å²) in [5.74, 6) is 0.847. The molecule has 2 aromatic rings. The van der Waals surface area contributed by atoms with Crippen molar-refractivity contribution in [2.24, 2.45) is 0 Å². The number of hydrogen-bond acceptors (Lipinski definition) is 4. The lowest BCUT2D eigenvalue weighted by molar-refractivity contribution is -0.122. The number of aromatic nitrogens is 1. The van der Waals surface area contributed by atoms with Crippen molar-refractivity contribution in [3.8, 4) is 5.75 Å². The highest BCUT2D eigenvalue weighted by atomic mass is 16.5. The monoisotopic (exact) mass is 313 g/mol. The van der Waals surface area contributed by atoms with Crippen LogP contribution in [-0.4, -0.2) is 17.0 Å². The lowest BCUT2D eigenvalue weighted by Gasteiger charge is -2.21. The molecule has 0 saturated heterocycles. The summed E-state index contributed by atoms with van der Waals surface area (Å²) in [4.78, 5) is 16.1. The predicted molar refractivity (Wildman–Crippen MR) is 92.5 cm³/mol. The van der Waals surface area contributed by atoms with Crippen LogP contribution < -0.4 is 15.8 Å². The number of nitrogens with zero attached hydrogens (tertiary/aromatic N) is 1. The first-order valence-corrected chi connectivity index (χ1v) is 7.55. The highest BCUT2D eigenvalue weighted by Crippen LogP contribution is 2.26. The molecule has 0 aliphatic carbocycles. The van der Waals surface area contributed by atoms with Crippen LogP contribution in [-0.2, 0) is 10.2 Å². The van der Waals surface area contributed by atoms with Crippen LogP contribution in [0, 0.1) is 0 Å². The molecule has 3 N–H and O–H groups in total. The van der Waals surface area contributed by atoms with E-state index in [-0.39, 0.29) is 11.3 Å². The third kappa shape index (κ3) is 4.71. The van der Waals surface area contributed by atoms with E-state index < -0.39 is 6.10 Å². The number of hydrogen-bond donors (Lipinski definition) is 2. The fourth-order valence-corrected chi connectivity index (χ4v) is 2.02. The quantitative estimate of drug-likeness (QED) is 0.907. The zero-order valence-corrected chi connectivity index (χ0v) is 14.0. The van der Waals surface area contributed by atoms with Gasteiger partial charge in [-0.25, -0.2) is 4.98 Å². The number of nitrogens with one attached hydrogen (secondary N) is 1. The van der Waals surface area contributed by atoms with Crippen molar-refractivity contribution < 1.29 is 9.53 Å². The molecule has 1 aromatic carbocycles. The van der Waals surface area contributed by atoms with E-state index in [2.05, 4.69) is 37.1 Å². The Morgan fingerprint density at radius 3 is 2.61 bits per heavy atom. The molecule has 1 amide bonds. The zero-order chi connectivity index (χ0) is 17.0. The molecule has 1 aromatic heterocycles. The van der Waals surface area contributed by atoms with E-state index in [1.807, 2.05) is 18.2 Å². The van der Waals surface area contributed by atoms with Gasteiger partial charge in [0.15, 0.2) is 6.10 Å². The SMILES string of the molecule is CC(Oc1cccc(C(C)(C)C)c1)C(=O)Nc1ccc(N)nc1. The number of anilines is 2. The maximum absolute atomic E-state index is 12.2. The van der Waals surface area contributed by atoms with Gasteiger partial charge in [-0.05, 0) is 42.2 Å². The Kier molecular flexibility index (Phi) is 4.89. The smallest absolute Gasteiger partial charge is 0.265 e. The number of ether oxygens (including phenoxy) is 1. The van der Waals surface area contributed by atoms with Gasteiger partial charge in [-0.3, -0.25) is 4.79 Å². The summed E-state index contributed by atoms with van der Waals surface area (Å²) in [6, 6.07) is 11.1. The number of pyridine rings is 1. The second kappa shape index (κ2) is 6.69. The first-order chi connectivity index (χ1) is 10.8. The summed E-state index contributed by atoms with van der Waals surface area (Å²) in [5, 5.41) is 2.75. The first kappa shape index (κ1) is 16.8. The largest absolute Gasteiger partial charge is 0.481 e. The maximum atomic E-state index is 12.2. The minimum atomic E-state index is -0.622. The van der Waals surface area contributed by atoms with Gasteiger partial charge in [0.2, 0.25) is 0 Å². The number of carbonyl (C=O) groups excluding carboxylic acids is 1. The van der Waals surface area contributed by atoms with Crippen molar-refractivity contribution in [3.63, 3.8) is 0 Å². The fraction of sp³-hybridized carbons (Fsp3) is 0.333. The highest BCUT2D eigenvalue weighted by molar-refractivity contribution is 5.94. The van der Waals surface area contributed by atoms with Gasteiger partial charge in [0, 0.05) is 0 Å². The fourth-order valence-electron chi connectivity index (χ4n) is 2.02. The minimum absolute atomic E-state index is 0.0283. The van der Waals surface area contributed by atoms with E-state index in [9.17, 15) is 4.79 Å². The van der Waals surface area contributed by atoms with E-state index in [1.165, 1.54) is 6.20 Å². The third-order valence-electron chi connectivity index (χ3n) is 3.44. The molecule has 0 radical (unpaired) electrons. The Morgan fingerprint density at radius 1 is 1.26 bits per heavy atom. The number of amides is 1. The van der Waals surface area contributed by atoms with Crippen LogP contribution in [0.25, 0.3) is 0 Å². The molecule has 23 heavy (non-hydrogen) atoms. The number of benzene rings is 1. The van der Waals surface area contributed by atoms with Crippen molar-refractivity contribution in [2.45, 2.75) is 39.2 Å². The van der Waals surface area contributed by atoms with Gasteiger partial charge in [-0.15, -0.1) is 0 Å². The summed E-state index contributed by atoms with van der Waals surface area (Å²) in [6.45, 7) is 8.12. The molecule has 0 aliphatic heterocycles. The molecule has 2 rings (SSSR count). The Bertz CT molecular complexity index is 675. The van der Waals surface area contributed by atoms with Crippen LogP contribution in [0.3, 0.4) is 0 Å². The van der Waals surface area contributed by atoms with Crippen molar-refractivity contribution in [3.05, 3.63) is 48.2 Å². The molecule has 122 valence electrons. The summed E-state index contributed by atoms with van der Waals surface area (Å²) in [7, 11) is 0. The Hall–Kier alpha value is -2.56. The van der Waals surface area contributed by atoms with E-state index in [0.29, 0.717) is 17.3 Å². The summed E-state index contributed by atoms with van der Waals surface area (Å²) >= 11 is 0. The van der Waals surface area contributed by atoms with Crippen LogP contribution in [0.2, 0.25) is 0 Å². The molecular formula is C18H23N3O2. The van der Waals surface area contributed by atoms with Gasteiger partial charge in [0.1, 0.15) is 11.6 Å². The minimum Gasteiger partial charge on any atom is -0.481 e. The normalized spacial score (nSPS) is 12.5. The number of carbonyl (C=O) groups is 1. The van der Waals surface area contributed by atoms with Gasteiger partial charge in [-0.2, -0.15) is 0 Å². The first-order valence-electron chi connectivity index (χ1n) is 7.55. The Balaban J connectivity index is 2.02. The average Bonchev–Trinajstić information content (AvgIpc) is 2.49. The standard InChI is InChI=1S/C18H23N3O2/c1-12(17(22)21-14-8-9-16(19)20-11-14)23-15-7-5-6-13(10-15)18(2,3)4/h5-12H,1-4H3,(H2,19,20)(H,21,22). The van der Waals surface area contributed by atoms with Crippen LogP contribution in [0.1, 0.15) is 33.3 Å². The van der Waals surface area contributed by atoms with Crippen molar-refractivity contribution in [1.82, 2.24) is 4.98 Å². The number of nitrogens with two attached hydrogens (primary N) is 1. The number of rotatable bonds is 4. The average molecular weight is 313 g/mol. The summed E-state index contributed by atoms with van der Waals surface area (Å²) < 4.78 is 5.75. The highest BCUT2D eigenvalue weighted by Gasteiger charge is 2.17.